The van der Waals surface area contributed by atoms with Gasteiger partial charge in [0.1, 0.15) is 12.2 Å². The largest absolute Gasteiger partial charge is 0.433 e. The van der Waals surface area contributed by atoms with E-state index in [0.29, 0.717) is 0 Å². The van der Waals surface area contributed by atoms with E-state index < -0.39 is 30.6 Å². The van der Waals surface area contributed by atoms with E-state index in [1.165, 1.54) is 6.92 Å². The highest BCUT2D eigenvalue weighted by Crippen LogP contribution is 2.22. The van der Waals surface area contributed by atoms with Gasteiger partial charge in [0.2, 0.25) is 6.29 Å². The summed E-state index contributed by atoms with van der Waals surface area (Å²) in [6.07, 6.45) is -3.92. The number of hydrogen-bond acceptors (Lipinski definition) is 6. The number of carbonyl (C=O) groups excluding carboxylic acids is 1. The first kappa shape index (κ1) is 10.8. The summed E-state index contributed by atoms with van der Waals surface area (Å²) in [6, 6.07) is 0. The first-order valence-corrected chi connectivity index (χ1v) is 4.49. The maximum atomic E-state index is 10.5. The van der Waals surface area contributed by atoms with Crippen LogP contribution in [0.4, 0.5) is 0 Å². The summed E-state index contributed by atoms with van der Waals surface area (Å²) in [4.78, 5) is 10.5. The monoisotopic (exact) mass is 208 g/mol. The Hall–Kier alpha value is -0.300. The fourth-order valence-corrected chi connectivity index (χ4v) is 1.43. The van der Waals surface area contributed by atoms with E-state index in [4.69, 9.17) is 4.74 Å². The number of esters is 1. The van der Waals surface area contributed by atoms with Gasteiger partial charge in [-0.3, -0.25) is 4.79 Å². The van der Waals surface area contributed by atoms with Gasteiger partial charge in [-0.2, -0.15) is 12.6 Å². The summed E-state index contributed by atoms with van der Waals surface area (Å²) < 4.78 is 9.65. The molecule has 1 rings (SSSR count). The van der Waals surface area contributed by atoms with Gasteiger partial charge in [0, 0.05) is 12.7 Å². The molecule has 13 heavy (non-hydrogen) atoms. The molecule has 5 nitrogen and oxygen atoms in total. The molecule has 1 aliphatic heterocycles. The number of carbonyl (C=O) groups is 1. The van der Waals surface area contributed by atoms with E-state index in [2.05, 4.69) is 17.4 Å². The number of aliphatic hydroxyl groups is 2. The Bertz CT molecular complexity index is 197. The van der Waals surface area contributed by atoms with Crippen LogP contribution in [0.2, 0.25) is 0 Å². The number of ether oxygens (including phenoxy) is 2. The minimum atomic E-state index is -1.19. The van der Waals surface area contributed by atoms with Crippen LogP contribution >= 0.6 is 12.6 Å². The third-order valence-corrected chi connectivity index (χ3v) is 2.14. The van der Waals surface area contributed by atoms with Crippen LogP contribution in [-0.4, -0.2) is 46.5 Å². The Labute approximate surface area is 81.1 Å². The van der Waals surface area contributed by atoms with Crippen molar-refractivity contribution < 1.29 is 24.5 Å². The van der Waals surface area contributed by atoms with E-state index >= 15 is 0 Å². The second kappa shape index (κ2) is 4.28. The number of aliphatic hydroxyl groups excluding tert-OH is 2. The van der Waals surface area contributed by atoms with Crippen molar-refractivity contribution in [3.05, 3.63) is 0 Å². The molecule has 0 bridgehead atoms. The van der Waals surface area contributed by atoms with Gasteiger partial charge >= 0.3 is 5.97 Å². The summed E-state index contributed by atoms with van der Waals surface area (Å²) in [5.41, 5.74) is 0. The zero-order valence-corrected chi connectivity index (χ0v) is 7.98. The molecule has 4 atom stereocenters. The lowest BCUT2D eigenvalue weighted by Crippen LogP contribution is -2.34. The molecular weight excluding hydrogens is 196 g/mol. The SMILES string of the molecule is CC(=O)O[C@@H]1O[C@H](CS)[C@@H](O)[C@H]1O. The third-order valence-electron chi connectivity index (χ3n) is 1.78. The van der Waals surface area contributed by atoms with Crippen molar-refractivity contribution in [1.82, 2.24) is 0 Å². The fourth-order valence-electron chi connectivity index (χ4n) is 1.13. The van der Waals surface area contributed by atoms with Crippen LogP contribution in [0.15, 0.2) is 0 Å². The molecule has 1 heterocycles. The topological polar surface area (TPSA) is 76.0 Å². The molecule has 0 unspecified atom stereocenters. The summed E-state index contributed by atoms with van der Waals surface area (Å²) in [5.74, 6) is -0.299. The molecule has 0 aliphatic carbocycles. The highest BCUT2D eigenvalue weighted by atomic mass is 32.1. The molecule has 0 radical (unpaired) electrons. The van der Waals surface area contributed by atoms with E-state index in [0.717, 1.165) is 0 Å². The molecule has 1 fully saturated rings. The molecule has 0 aromatic rings. The average molecular weight is 208 g/mol. The second-order valence-corrected chi connectivity index (χ2v) is 3.18. The first-order chi connectivity index (χ1) is 6.06. The molecule has 6 heteroatoms. The molecule has 1 saturated heterocycles. The standard InChI is InChI=1S/C7H12O5S/c1-3(8)11-7-6(10)5(9)4(2-13)12-7/h4-7,9-10,13H,2H2,1H3/t4-,5-,6-,7-/m1/s1. The molecule has 1 aliphatic rings. The van der Waals surface area contributed by atoms with Gasteiger partial charge in [-0.1, -0.05) is 0 Å². The molecule has 0 spiro atoms. The predicted octanol–water partition coefficient (Wildman–Crippen LogP) is -1.07. The van der Waals surface area contributed by atoms with Crippen molar-refractivity contribution in [3.63, 3.8) is 0 Å². The molecule has 0 saturated carbocycles. The van der Waals surface area contributed by atoms with Crippen LogP contribution in [0.25, 0.3) is 0 Å². The minimum Gasteiger partial charge on any atom is -0.433 e. The lowest BCUT2D eigenvalue weighted by atomic mass is 10.2. The lowest BCUT2D eigenvalue weighted by Gasteiger charge is -2.13. The van der Waals surface area contributed by atoms with Gasteiger partial charge in [0.15, 0.2) is 0 Å². The van der Waals surface area contributed by atoms with E-state index in [1.54, 1.807) is 0 Å². The van der Waals surface area contributed by atoms with Crippen LogP contribution in [-0.2, 0) is 14.3 Å². The number of rotatable bonds is 2. The van der Waals surface area contributed by atoms with Gasteiger partial charge in [0.25, 0.3) is 0 Å². The van der Waals surface area contributed by atoms with Gasteiger partial charge in [-0.05, 0) is 0 Å². The Morgan fingerprint density at radius 2 is 2.15 bits per heavy atom. The Balaban J connectivity index is 2.55. The van der Waals surface area contributed by atoms with Gasteiger partial charge < -0.3 is 19.7 Å². The van der Waals surface area contributed by atoms with Gasteiger partial charge in [-0.25, -0.2) is 0 Å². The molecule has 0 amide bonds. The normalized spacial score (nSPS) is 39.1. The highest BCUT2D eigenvalue weighted by molar-refractivity contribution is 7.80. The molecule has 2 N–H and O–H groups in total. The summed E-state index contributed by atoms with van der Waals surface area (Å²) >= 11 is 3.91. The number of thiol groups is 1. The summed E-state index contributed by atoms with van der Waals surface area (Å²) in [5, 5.41) is 18.6. The van der Waals surface area contributed by atoms with Crippen LogP contribution in [0.5, 0.6) is 0 Å². The first-order valence-electron chi connectivity index (χ1n) is 3.86. The van der Waals surface area contributed by atoms with Gasteiger partial charge in [0.05, 0.1) is 6.10 Å². The highest BCUT2D eigenvalue weighted by Gasteiger charge is 2.43. The zero-order valence-electron chi connectivity index (χ0n) is 7.08. The maximum absolute atomic E-state index is 10.5. The van der Waals surface area contributed by atoms with Crippen molar-refractivity contribution >= 4 is 18.6 Å². The average Bonchev–Trinajstić information content (AvgIpc) is 2.32. The minimum absolute atomic E-state index is 0.260. The van der Waals surface area contributed by atoms with Crippen molar-refractivity contribution in [1.29, 1.82) is 0 Å². The van der Waals surface area contributed by atoms with Crippen LogP contribution in [0.1, 0.15) is 6.92 Å². The Morgan fingerprint density at radius 3 is 2.54 bits per heavy atom. The van der Waals surface area contributed by atoms with Crippen LogP contribution in [0.3, 0.4) is 0 Å². The van der Waals surface area contributed by atoms with Crippen LogP contribution in [0, 0.1) is 0 Å². The van der Waals surface area contributed by atoms with Crippen molar-refractivity contribution in [2.24, 2.45) is 0 Å². The van der Waals surface area contributed by atoms with Crippen molar-refractivity contribution in [3.8, 4) is 0 Å². The van der Waals surface area contributed by atoms with Gasteiger partial charge in [-0.15, -0.1) is 0 Å². The number of hydrogen-bond donors (Lipinski definition) is 3. The van der Waals surface area contributed by atoms with E-state index in [-0.39, 0.29) is 5.75 Å². The fraction of sp³-hybridized carbons (Fsp3) is 0.857. The van der Waals surface area contributed by atoms with E-state index in [9.17, 15) is 15.0 Å². The van der Waals surface area contributed by atoms with Crippen LogP contribution < -0.4 is 0 Å². The lowest BCUT2D eigenvalue weighted by molar-refractivity contribution is -0.184. The Morgan fingerprint density at radius 1 is 1.54 bits per heavy atom. The summed E-state index contributed by atoms with van der Waals surface area (Å²) in [6.45, 7) is 1.20. The zero-order chi connectivity index (χ0) is 10.0. The molecule has 0 aromatic carbocycles. The molecule has 76 valence electrons. The Kier molecular flexibility index (Phi) is 3.55. The third kappa shape index (κ3) is 2.34. The van der Waals surface area contributed by atoms with Crippen molar-refractivity contribution in [2.45, 2.75) is 31.5 Å². The summed E-state index contributed by atoms with van der Waals surface area (Å²) in [7, 11) is 0. The molecule has 0 aromatic heterocycles. The maximum Gasteiger partial charge on any atom is 0.305 e. The second-order valence-electron chi connectivity index (χ2n) is 2.82. The molecular formula is C7H12O5S. The van der Waals surface area contributed by atoms with E-state index in [1.807, 2.05) is 0 Å². The quantitative estimate of drug-likeness (QED) is 0.398. The smallest absolute Gasteiger partial charge is 0.305 e. The van der Waals surface area contributed by atoms with Crippen molar-refractivity contribution in [2.75, 3.05) is 5.75 Å². The predicted molar refractivity (Wildman–Crippen MR) is 46.3 cm³/mol.